The molecule has 2 nitrogen and oxygen atoms in total. The molecule has 6 rings (SSSR count). The first-order chi connectivity index (χ1) is 18.6. The van der Waals surface area contributed by atoms with Gasteiger partial charge in [-0.1, -0.05) is 78.9 Å². The van der Waals surface area contributed by atoms with Gasteiger partial charge in [0.1, 0.15) is 0 Å². The van der Waals surface area contributed by atoms with Crippen molar-refractivity contribution in [3.63, 3.8) is 0 Å². The van der Waals surface area contributed by atoms with Crippen LogP contribution >= 0.6 is 0 Å². The first-order valence-electron chi connectivity index (χ1n) is 13.0. The number of rotatable bonds is 6. The molecule has 0 spiro atoms. The van der Waals surface area contributed by atoms with E-state index in [1.165, 1.54) is 38.4 Å². The Bertz CT molecular complexity index is 1710. The van der Waals surface area contributed by atoms with Crippen LogP contribution in [0, 0.1) is 0 Å². The van der Waals surface area contributed by atoms with Gasteiger partial charge in [-0.2, -0.15) is 0 Å². The molecule has 0 unspecified atom stereocenters. The first-order valence-corrected chi connectivity index (χ1v) is 13.0. The van der Waals surface area contributed by atoms with Gasteiger partial charge in [-0.05, 0) is 99.4 Å². The molecule has 0 N–H and O–H groups in total. The van der Waals surface area contributed by atoms with Crippen LogP contribution in [-0.4, -0.2) is 14.1 Å². The van der Waals surface area contributed by atoms with Crippen molar-refractivity contribution in [1.29, 1.82) is 0 Å². The van der Waals surface area contributed by atoms with E-state index in [9.17, 15) is 0 Å². The van der Waals surface area contributed by atoms with Gasteiger partial charge in [0, 0.05) is 36.8 Å². The molecule has 6 aromatic carbocycles. The predicted octanol–water partition coefficient (Wildman–Crippen LogP) is 9.70. The minimum Gasteiger partial charge on any atom is -0.378 e. The summed E-state index contributed by atoms with van der Waals surface area (Å²) in [4.78, 5) is 4.41. The van der Waals surface area contributed by atoms with Crippen LogP contribution in [0.15, 0.2) is 133 Å². The highest BCUT2D eigenvalue weighted by Gasteiger charge is 2.12. The number of nitrogens with zero attached hydrogens (tertiary/aromatic N) is 2. The Labute approximate surface area is 224 Å². The minimum atomic E-state index is 1.13. The van der Waals surface area contributed by atoms with Crippen LogP contribution in [0.4, 0.5) is 22.7 Å². The van der Waals surface area contributed by atoms with Crippen molar-refractivity contribution in [2.45, 2.75) is 0 Å². The third-order valence-corrected chi connectivity index (χ3v) is 6.99. The Morgan fingerprint density at radius 3 is 1.53 bits per heavy atom. The van der Waals surface area contributed by atoms with Crippen molar-refractivity contribution in [3.05, 3.63) is 145 Å². The summed E-state index contributed by atoms with van der Waals surface area (Å²) in [5.74, 6) is 0. The number of hydrogen-bond acceptors (Lipinski definition) is 2. The van der Waals surface area contributed by atoms with Gasteiger partial charge >= 0.3 is 0 Å². The molecule has 0 heterocycles. The zero-order valence-corrected chi connectivity index (χ0v) is 21.8. The van der Waals surface area contributed by atoms with Gasteiger partial charge in [0.2, 0.25) is 0 Å². The van der Waals surface area contributed by atoms with Crippen molar-refractivity contribution in [3.8, 4) is 0 Å². The number of benzene rings is 6. The van der Waals surface area contributed by atoms with Crippen molar-refractivity contribution < 1.29 is 0 Å². The fraction of sp³-hybridized carbons (Fsp3) is 0.0556. The van der Waals surface area contributed by atoms with Gasteiger partial charge in [0.05, 0.1) is 0 Å². The molecule has 0 saturated carbocycles. The number of hydrogen-bond donors (Lipinski definition) is 0. The van der Waals surface area contributed by atoms with Crippen LogP contribution in [0.2, 0.25) is 0 Å². The number of para-hydroxylation sites is 1. The second-order valence-corrected chi connectivity index (χ2v) is 9.81. The number of fused-ring (bicyclic) bond motifs is 2. The molecule has 0 radical (unpaired) electrons. The first kappa shape index (κ1) is 23.6. The molecule has 38 heavy (non-hydrogen) atoms. The monoisotopic (exact) mass is 490 g/mol. The summed E-state index contributed by atoms with van der Waals surface area (Å²) in [5, 5.41) is 5.09. The van der Waals surface area contributed by atoms with Gasteiger partial charge in [-0.3, -0.25) is 0 Å². The zero-order valence-electron chi connectivity index (χ0n) is 21.8. The van der Waals surface area contributed by atoms with E-state index in [1.54, 1.807) is 0 Å². The summed E-state index contributed by atoms with van der Waals surface area (Å²) < 4.78 is 0. The van der Waals surface area contributed by atoms with E-state index in [0.717, 1.165) is 17.1 Å². The molecule has 0 amide bonds. The maximum atomic E-state index is 2.29. The lowest BCUT2D eigenvalue weighted by Crippen LogP contribution is -2.11. The van der Waals surface area contributed by atoms with E-state index in [0.29, 0.717) is 0 Å². The molecule has 2 heteroatoms. The van der Waals surface area contributed by atoms with Crippen molar-refractivity contribution in [2.24, 2.45) is 0 Å². The predicted molar refractivity (Wildman–Crippen MR) is 166 cm³/mol. The molecule has 0 aliphatic rings. The summed E-state index contributed by atoms with van der Waals surface area (Å²) in [6.45, 7) is 0. The van der Waals surface area contributed by atoms with Crippen LogP contribution in [-0.2, 0) is 0 Å². The van der Waals surface area contributed by atoms with Crippen molar-refractivity contribution >= 4 is 56.4 Å². The second kappa shape index (κ2) is 10.3. The quantitative estimate of drug-likeness (QED) is 0.169. The topological polar surface area (TPSA) is 6.48 Å². The molecular weight excluding hydrogens is 460 g/mol. The fourth-order valence-electron chi connectivity index (χ4n) is 4.91. The molecule has 0 saturated heterocycles. The van der Waals surface area contributed by atoms with E-state index in [4.69, 9.17) is 0 Å². The Kier molecular flexibility index (Phi) is 6.37. The molecule has 0 bridgehead atoms. The maximum absolute atomic E-state index is 2.29. The van der Waals surface area contributed by atoms with Crippen molar-refractivity contribution in [1.82, 2.24) is 0 Å². The Balaban J connectivity index is 1.28. The van der Waals surface area contributed by atoms with E-state index < -0.39 is 0 Å². The van der Waals surface area contributed by atoms with Gasteiger partial charge in [-0.15, -0.1) is 0 Å². The smallest absolute Gasteiger partial charge is 0.0463 e. The molecule has 0 aliphatic heterocycles. The lowest BCUT2D eigenvalue weighted by atomic mass is 10.0. The molecule has 184 valence electrons. The van der Waals surface area contributed by atoms with Gasteiger partial charge < -0.3 is 9.80 Å². The highest BCUT2D eigenvalue weighted by molar-refractivity contribution is 5.99. The third kappa shape index (κ3) is 4.89. The van der Waals surface area contributed by atoms with E-state index >= 15 is 0 Å². The minimum absolute atomic E-state index is 1.13. The molecule has 0 fully saturated rings. The third-order valence-electron chi connectivity index (χ3n) is 6.99. The van der Waals surface area contributed by atoms with E-state index in [2.05, 4.69) is 170 Å². The summed E-state index contributed by atoms with van der Waals surface area (Å²) in [6.07, 6.45) is 4.38. The highest BCUT2D eigenvalue weighted by Crippen LogP contribution is 2.35. The van der Waals surface area contributed by atoms with Crippen LogP contribution in [0.5, 0.6) is 0 Å². The highest BCUT2D eigenvalue weighted by atomic mass is 15.1. The van der Waals surface area contributed by atoms with Crippen molar-refractivity contribution in [2.75, 3.05) is 23.9 Å². The second-order valence-electron chi connectivity index (χ2n) is 9.81. The van der Waals surface area contributed by atoms with Crippen LogP contribution in [0.1, 0.15) is 11.1 Å². The molecule has 6 aromatic rings. The Hall–Kier alpha value is -4.82. The lowest BCUT2D eigenvalue weighted by molar-refractivity contribution is 1.13. The number of anilines is 4. The summed E-state index contributed by atoms with van der Waals surface area (Å²) in [5.41, 5.74) is 6.95. The van der Waals surface area contributed by atoms with Crippen LogP contribution in [0.25, 0.3) is 33.7 Å². The summed E-state index contributed by atoms with van der Waals surface area (Å²) in [6, 6.07) is 47.7. The standard InChI is InChI=1S/C36H30N2/c1-37(2)33-20-22-36(23-21-33)38(34-10-4-3-5-11-34)35-18-15-27(16-19-35)12-13-28-14-17-31-25-29-8-6-7-9-30(29)26-32(31)24-28/h3-26H,1-2H3. The zero-order chi connectivity index (χ0) is 25.9. The van der Waals surface area contributed by atoms with E-state index in [-0.39, 0.29) is 0 Å². The molecule has 0 aromatic heterocycles. The average Bonchev–Trinajstić information content (AvgIpc) is 2.96. The van der Waals surface area contributed by atoms with Gasteiger partial charge in [0.25, 0.3) is 0 Å². The molecule has 0 atom stereocenters. The van der Waals surface area contributed by atoms with Crippen LogP contribution < -0.4 is 9.80 Å². The van der Waals surface area contributed by atoms with Gasteiger partial charge in [0.15, 0.2) is 0 Å². The normalized spacial score (nSPS) is 11.3. The van der Waals surface area contributed by atoms with Crippen LogP contribution in [0.3, 0.4) is 0 Å². The van der Waals surface area contributed by atoms with Gasteiger partial charge in [-0.25, -0.2) is 0 Å². The average molecular weight is 491 g/mol. The SMILES string of the molecule is CN(C)c1ccc(N(c2ccccc2)c2ccc(C=Cc3ccc4cc5ccccc5cc4c3)cc2)cc1. The molecule has 0 aliphatic carbocycles. The summed E-state index contributed by atoms with van der Waals surface area (Å²) in [7, 11) is 4.13. The Morgan fingerprint density at radius 2 is 0.868 bits per heavy atom. The maximum Gasteiger partial charge on any atom is 0.0463 e. The fourth-order valence-corrected chi connectivity index (χ4v) is 4.91. The lowest BCUT2D eigenvalue weighted by Gasteiger charge is -2.26. The largest absolute Gasteiger partial charge is 0.378 e. The Morgan fingerprint density at radius 1 is 0.395 bits per heavy atom. The molecular formula is C36H30N2. The van der Waals surface area contributed by atoms with E-state index in [1.807, 2.05) is 0 Å². The summed E-state index contributed by atoms with van der Waals surface area (Å²) >= 11 is 0.